The normalized spacial score (nSPS) is 14.1. The highest BCUT2D eigenvalue weighted by atomic mass is 31.2. The summed E-state index contributed by atoms with van der Waals surface area (Å²) in [7, 11) is 1.61. The fourth-order valence-electron chi connectivity index (χ4n) is 8.83. The first-order valence-corrected chi connectivity index (χ1v) is 30.7. The molecule has 0 aromatic heterocycles. The first-order valence-electron chi connectivity index (χ1n) is 29.2. The van der Waals surface area contributed by atoms with Crippen LogP contribution in [0.25, 0.3) is 0 Å². The minimum absolute atomic E-state index is 0.0727. The van der Waals surface area contributed by atoms with Gasteiger partial charge in [0.2, 0.25) is 5.91 Å². The number of likely N-dealkylation sites (N-methyl/N-ethyl adjacent to an activating group) is 1. The highest BCUT2D eigenvalue weighted by Gasteiger charge is 2.28. The van der Waals surface area contributed by atoms with Gasteiger partial charge in [0.15, 0.2) is 0 Å². The van der Waals surface area contributed by atoms with Crippen molar-refractivity contribution in [3.63, 3.8) is 0 Å². The zero-order chi connectivity index (χ0) is 49.2. The highest BCUT2D eigenvalue weighted by molar-refractivity contribution is 7.47. The SMILES string of the molecule is CCCC/C=C\C/C=C\CCCCCCCC(=O)NC(COP(=O)(O)OCC[N+](C)(C)C)C(O)CCCCCCCCCCCCCCCCCCCCCCCCCCCCCCCCC. The van der Waals surface area contributed by atoms with Crippen LogP contribution >= 0.6 is 7.82 Å². The number of phosphoric ester groups is 1. The van der Waals surface area contributed by atoms with Crippen LogP contribution in [0.5, 0.6) is 0 Å². The molecule has 0 bridgehead atoms. The molecule has 3 unspecified atom stereocenters. The van der Waals surface area contributed by atoms with E-state index in [0.29, 0.717) is 23.9 Å². The molecule has 0 aromatic rings. The molecule has 3 N–H and O–H groups in total. The van der Waals surface area contributed by atoms with Crippen molar-refractivity contribution in [1.82, 2.24) is 5.32 Å². The standard InChI is InChI=1S/C58H115N2O6P/c1-6-8-10-12-14-16-18-20-22-23-24-25-26-27-28-29-30-31-32-33-34-35-36-37-38-39-41-43-45-47-49-51-57(61)56(55-66-67(63,64)65-54-53-60(3,4)5)59-58(62)52-50-48-46-44-42-40-21-19-17-15-13-11-9-7-2/h13,15,19,21,56-57,61H,6-12,14,16-18,20,22-55H2,1-5H3,(H-,59,62,63,64)/p+1/b15-13-,21-19-. The first kappa shape index (κ1) is 66.0. The van der Waals surface area contributed by atoms with Gasteiger partial charge in [0.25, 0.3) is 0 Å². The molecule has 398 valence electrons. The van der Waals surface area contributed by atoms with E-state index in [2.05, 4.69) is 43.5 Å². The molecule has 0 heterocycles. The number of hydrogen-bond acceptors (Lipinski definition) is 5. The molecule has 0 aliphatic heterocycles. The van der Waals surface area contributed by atoms with Crippen LogP contribution in [0.1, 0.15) is 290 Å². The molecule has 67 heavy (non-hydrogen) atoms. The largest absolute Gasteiger partial charge is 0.472 e. The van der Waals surface area contributed by atoms with Crippen LogP contribution in [0.4, 0.5) is 0 Å². The minimum atomic E-state index is -4.32. The smallest absolute Gasteiger partial charge is 0.391 e. The van der Waals surface area contributed by atoms with Gasteiger partial charge >= 0.3 is 7.82 Å². The maximum Gasteiger partial charge on any atom is 0.472 e. The lowest BCUT2D eigenvalue weighted by atomic mass is 10.0. The number of unbranched alkanes of at least 4 members (excludes halogenated alkanes) is 37. The maximum absolute atomic E-state index is 12.9. The quantitative estimate of drug-likeness (QED) is 0.0243. The summed E-state index contributed by atoms with van der Waals surface area (Å²) in [5.74, 6) is -0.155. The van der Waals surface area contributed by atoms with Gasteiger partial charge in [-0.1, -0.05) is 269 Å². The van der Waals surface area contributed by atoms with Gasteiger partial charge < -0.3 is 19.8 Å². The van der Waals surface area contributed by atoms with Crippen molar-refractivity contribution >= 4 is 13.7 Å². The number of aliphatic hydroxyl groups is 1. The molecule has 0 rings (SSSR count). The first-order chi connectivity index (χ1) is 32.5. The topological polar surface area (TPSA) is 105 Å². The van der Waals surface area contributed by atoms with Crippen molar-refractivity contribution < 1.29 is 32.9 Å². The molecule has 3 atom stereocenters. The number of nitrogens with one attached hydrogen (secondary N) is 1. The zero-order valence-electron chi connectivity index (χ0n) is 45.4. The van der Waals surface area contributed by atoms with E-state index >= 15 is 0 Å². The Labute approximate surface area is 417 Å². The van der Waals surface area contributed by atoms with E-state index in [0.717, 1.165) is 64.2 Å². The van der Waals surface area contributed by atoms with E-state index < -0.39 is 20.0 Å². The van der Waals surface area contributed by atoms with Crippen molar-refractivity contribution in [2.45, 2.75) is 302 Å². The molecule has 0 aliphatic carbocycles. The zero-order valence-corrected chi connectivity index (χ0v) is 46.3. The lowest BCUT2D eigenvalue weighted by Crippen LogP contribution is -2.46. The summed E-state index contributed by atoms with van der Waals surface area (Å²) >= 11 is 0. The second-order valence-electron chi connectivity index (χ2n) is 21.4. The van der Waals surface area contributed by atoms with Gasteiger partial charge in [0.1, 0.15) is 13.2 Å². The van der Waals surface area contributed by atoms with Gasteiger partial charge in [-0.3, -0.25) is 13.8 Å². The second-order valence-corrected chi connectivity index (χ2v) is 22.8. The van der Waals surface area contributed by atoms with Gasteiger partial charge in [0.05, 0.1) is 39.9 Å². The van der Waals surface area contributed by atoms with Crippen LogP contribution in [0, 0.1) is 0 Å². The van der Waals surface area contributed by atoms with Gasteiger partial charge in [-0.2, -0.15) is 0 Å². The predicted molar refractivity (Wildman–Crippen MR) is 291 cm³/mol. The van der Waals surface area contributed by atoms with Gasteiger partial charge in [0, 0.05) is 6.42 Å². The summed E-state index contributed by atoms with van der Waals surface area (Å²) in [6.07, 6.45) is 62.5. The van der Waals surface area contributed by atoms with Crippen LogP contribution < -0.4 is 5.32 Å². The van der Waals surface area contributed by atoms with Crippen LogP contribution in [-0.4, -0.2) is 73.4 Å². The van der Waals surface area contributed by atoms with Crippen LogP contribution in [0.2, 0.25) is 0 Å². The van der Waals surface area contributed by atoms with E-state index in [4.69, 9.17) is 9.05 Å². The van der Waals surface area contributed by atoms with E-state index in [1.54, 1.807) is 0 Å². The minimum Gasteiger partial charge on any atom is -0.391 e. The Morgan fingerprint density at radius 2 is 0.866 bits per heavy atom. The fraction of sp³-hybridized carbons (Fsp3) is 0.914. The number of amides is 1. The molecule has 0 aliphatic rings. The third kappa shape index (κ3) is 52.6. The number of carbonyl (C=O) groups is 1. The molecule has 0 spiro atoms. The molecule has 9 heteroatoms. The summed E-state index contributed by atoms with van der Waals surface area (Å²) in [5.41, 5.74) is 0. The number of phosphoric acid groups is 1. The lowest BCUT2D eigenvalue weighted by Gasteiger charge is -2.26. The van der Waals surface area contributed by atoms with Crippen molar-refractivity contribution in [2.75, 3.05) is 40.9 Å². The van der Waals surface area contributed by atoms with Crippen molar-refractivity contribution in [3.8, 4) is 0 Å². The Kier molecular flexibility index (Phi) is 49.2. The maximum atomic E-state index is 12.9. The molecule has 8 nitrogen and oxygen atoms in total. The van der Waals surface area contributed by atoms with Crippen LogP contribution in [0.15, 0.2) is 24.3 Å². The van der Waals surface area contributed by atoms with Crippen molar-refractivity contribution in [1.29, 1.82) is 0 Å². The van der Waals surface area contributed by atoms with Gasteiger partial charge in [-0.15, -0.1) is 0 Å². The van der Waals surface area contributed by atoms with Gasteiger partial charge in [-0.25, -0.2) is 4.57 Å². The monoisotopic (exact) mass is 968 g/mol. The second kappa shape index (κ2) is 49.9. The predicted octanol–water partition coefficient (Wildman–Crippen LogP) is 17.6. The number of carbonyl (C=O) groups excluding carboxylic acids is 1. The summed E-state index contributed by atoms with van der Waals surface area (Å²) in [6, 6.07) is -0.767. The van der Waals surface area contributed by atoms with E-state index in [1.807, 2.05) is 21.1 Å². The molecule has 0 saturated heterocycles. The van der Waals surface area contributed by atoms with E-state index in [-0.39, 0.29) is 19.1 Å². The molecule has 0 fully saturated rings. The molecule has 0 radical (unpaired) electrons. The molecular formula is C58H116N2O6P+. The van der Waals surface area contributed by atoms with Gasteiger partial charge in [-0.05, 0) is 38.5 Å². The number of allylic oxidation sites excluding steroid dienone is 4. The van der Waals surface area contributed by atoms with E-state index in [9.17, 15) is 19.4 Å². The van der Waals surface area contributed by atoms with Crippen LogP contribution in [0.3, 0.4) is 0 Å². The summed E-state index contributed by atoms with van der Waals surface area (Å²) in [4.78, 5) is 23.3. The highest BCUT2D eigenvalue weighted by Crippen LogP contribution is 2.43. The van der Waals surface area contributed by atoms with Crippen molar-refractivity contribution in [2.24, 2.45) is 0 Å². The number of aliphatic hydroxyl groups excluding tert-OH is 1. The summed E-state index contributed by atoms with van der Waals surface area (Å²) in [5, 5.41) is 14.0. The molecule has 1 amide bonds. The summed E-state index contributed by atoms with van der Waals surface area (Å²) in [6.45, 7) is 4.87. The summed E-state index contributed by atoms with van der Waals surface area (Å²) < 4.78 is 23.7. The number of nitrogens with zero attached hydrogens (tertiary/aromatic N) is 1. The number of hydrogen-bond donors (Lipinski definition) is 3. The third-order valence-corrected chi connectivity index (χ3v) is 14.4. The Hall–Kier alpha value is -1.02. The third-order valence-electron chi connectivity index (χ3n) is 13.5. The Balaban J connectivity index is 4.02. The average Bonchev–Trinajstić information content (AvgIpc) is 3.29. The Morgan fingerprint density at radius 1 is 0.507 bits per heavy atom. The Bertz CT molecular complexity index is 1140. The Morgan fingerprint density at radius 3 is 1.27 bits per heavy atom. The number of rotatable bonds is 54. The average molecular weight is 969 g/mol. The molecular weight excluding hydrogens is 852 g/mol. The lowest BCUT2D eigenvalue weighted by molar-refractivity contribution is -0.870. The number of quaternary nitrogens is 1. The van der Waals surface area contributed by atoms with E-state index in [1.165, 1.54) is 199 Å². The molecule has 0 saturated carbocycles. The fourth-order valence-corrected chi connectivity index (χ4v) is 9.57. The van der Waals surface area contributed by atoms with Crippen LogP contribution in [-0.2, 0) is 18.4 Å². The molecule has 0 aromatic carbocycles. The van der Waals surface area contributed by atoms with Crippen molar-refractivity contribution in [3.05, 3.63) is 24.3 Å².